The van der Waals surface area contributed by atoms with Gasteiger partial charge >= 0.3 is 0 Å². The van der Waals surface area contributed by atoms with Gasteiger partial charge in [0.05, 0.1) is 0 Å². The number of benzene rings is 1. The van der Waals surface area contributed by atoms with Crippen molar-refractivity contribution in [3.05, 3.63) is 36.5 Å². The van der Waals surface area contributed by atoms with Gasteiger partial charge in [0.1, 0.15) is 5.82 Å². The van der Waals surface area contributed by atoms with E-state index in [2.05, 4.69) is 52.7 Å². The van der Waals surface area contributed by atoms with Crippen molar-refractivity contribution >= 4 is 17.6 Å². The van der Waals surface area contributed by atoms with Gasteiger partial charge in [-0.15, -0.1) is 11.8 Å². The molecule has 0 unspecified atom stereocenters. The second-order valence-corrected chi connectivity index (χ2v) is 4.80. The van der Waals surface area contributed by atoms with Crippen LogP contribution in [0.1, 0.15) is 13.3 Å². The quantitative estimate of drug-likeness (QED) is 0.831. The Hall–Kier alpha value is -1.55. The molecule has 0 saturated heterocycles. The molecule has 1 aromatic heterocycles. The van der Waals surface area contributed by atoms with Crippen LogP contribution in [0.5, 0.6) is 0 Å². The minimum absolute atomic E-state index is 0.767. The summed E-state index contributed by atoms with van der Waals surface area (Å²) < 4.78 is 0. The molecular formula is C14H17N3S. The van der Waals surface area contributed by atoms with E-state index in [4.69, 9.17) is 0 Å². The number of anilines is 1. The normalized spacial score (nSPS) is 10.3. The van der Waals surface area contributed by atoms with Gasteiger partial charge in [0.15, 0.2) is 5.82 Å². The fourth-order valence-electron chi connectivity index (χ4n) is 1.59. The summed E-state index contributed by atoms with van der Waals surface area (Å²) in [6, 6.07) is 10.2. The molecule has 0 bridgehead atoms. The van der Waals surface area contributed by atoms with Crippen molar-refractivity contribution in [2.45, 2.75) is 18.2 Å². The van der Waals surface area contributed by atoms with E-state index in [1.54, 1.807) is 18.0 Å². The van der Waals surface area contributed by atoms with E-state index < -0.39 is 0 Å². The number of aromatic nitrogens is 2. The van der Waals surface area contributed by atoms with Gasteiger partial charge in [-0.05, 0) is 30.9 Å². The number of hydrogen-bond acceptors (Lipinski definition) is 4. The molecule has 2 aromatic rings. The van der Waals surface area contributed by atoms with Crippen LogP contribution in [-0.4, -0.2) is 22.8 Å². The Balaban J connectivity index is 2.20. The van der Waals surface area contributed by atoms with Crippen LogP contribution in [-0.2, 0) is 0 Å². The van der Waals surface area contributed by atoms with Crippen LogP contribution in [0.2, 0.25) is 0 Å². The molecule has 1 heterocycles. The van der Waals surface area contributed by atoms with E-state index in [-0.39, 0.29) is 0 Å². The molecule has 0 amide bonds. The van der Waals surface area contributed by atoms with Gasteiger partial charge in [-0.2, -0.15) is 0 Å². The maximum atomic E-state index is 4.51. The highest BCUT2D eigenvalue weighted by Gasteiger charge is 2.02. The van der Waals surface area contributed by atoms with E-state index in [0.717, 1.165) is 30.2 Å². The second kappa shape index (κ2) is 6.40. The first-order valence-electron chi connectivity index (χ1n) is 6.05. The van der Waals surface area contributed by atoms with Crippen LogP contribution in [0.4, 0.5) is 5.82 Å². The zero-order chi connectivity index (χ0) is 12.8. The third kappa shape index (κ3) is 3.23. The Bertz CT molecular complexity index is 497. The highest BCUT2D eigenvalue weighted by molar-refractivity contribution is 7.98. The van der Waals surface area contributed by atoms with Gasteiger partial charge in [-0.25, -0.2) is 9.97 Å². The van der Waals surface area contributed by atoms with Crippen LogP contribution in [0.25, 0.3) is 11.4 Å². The molecule has 0 radical (unpaired) electrons. The largest absolute Gasteiger partial charge is 0.370 e. The Morgan fingerprint density at radius 2 is 1.94 bits per heavy atom. The van der Waals surface area contributed by atoms with Crippen LogP contribution < -0.4 is 5.32 Å². The van der Waals surface area contributed by atoms with Crippen LogP contribution in [0.15, 0.2) is 41.4 Å². The fraction of sp³-hybridized carbons (Fsp3) is 0.286. The van der Waals surface area contributed by atoms with Gasteiger partial charge < -0.3 is 5.32 Å². The SMILES string of the molecule is CCCNc1ccnc(-c2ccc(SC)cc2)n1. The minimum atomic E-state index is 0.767. The average molecular weight is 259 g/mol. The predicted molar refractivity (Wildman–Crippen MR) is 78.0 cm³/mol. The summed E-state index contributed by atoms with van der Waals surface area (Å²) in [5, 5.41) is 3.27. The standard InChI is InChI=1S/C14H17N3S/c1-3-9-15-13-8-10-16-14(17-13)11-4-6-12(18-2)7-5-11/h4-8,10H,3,9H2,1-2H3,(H,15,16,17). The van der Waals surface area contributed by atoms with Gasteiger partial charge in [-0.1, -0.05) is 19.1 Å². The second-order valence-electron chi connectivity index (χ2n) is 3.92. The summed E-state index contributed by atoms with van der Waals surface area (Å²) in [6.45, 7) is 3.07. The molecule has 1 N–H and O–H groups in total. The first-order chi connectivity index (χ1) is 8.83. The van der Waals surface area contributed by atoms with Crippen LogP contribution in [0.3, 0.4) is 0 Å². The van der Waals surface area contributed by atoms with Gasteiger partial charge in [0, 0.05) is 23.2 Å². The molecule has 2 rings (SSSR count). The van der Waals surface area contributed by atoms with Gasteiger partial charge in [0.25, 0.3) is 0 Å². The maximum Gasteiger partial charge on any atom is 0.161 e. The maximum absolute atomic E-state index is 4.51. The molecular weight excluding hydrogens is 242 g/mol. The molecule has 0 aliphatic carbocycles. The molecule has 0 fully saturated rings. The molecule has 0 spiro atoms. The lowest BCUT2D eigenvalue weighted by atomic mass is 10.2. The number of hydrogen-bond donors (Lipinski definition) is 1. The van der Waals surface area contributed by atoms with Crippen molar-refractivity contribution in [3.8, 4) is 11.4 Å². The minimum Gasteiger partial charge on any atom is -0.370 e. The summed E-state index contributed by atoms with van der Waals surface area (Å²) in [5.74, 6) is 1.65. The van der Waals surface area contributed by atoms with Gasteiger partial charge in [0.2, 0.25) is 0 Å². The lowest BCUT2D eigenvalue weighted by Crippen LogP contribution is -2.02. The Morgan fingerprint density at radius 1 is 1.17 bits per heavy atom. The number of nitrogens with zero attached hydrogens (tertiary/aromatic N) is 2. The fourth-order valence-corrected chi connectivity index (χ4v) is 2.00. The Morgan fingerprint density at radius 3 is 2.61 bits per heavy atom. The number of nitrogens with one attached hydrogen (secondary N) is 1. The van der Waals surface area contributed by atoms with Crippen molar-refractivity contribution in [1.82, 2.24) is 9.97 Å². The zero-order valence-electron chi connectivity index (χ0n) is 10.7. The molecule has 1 aromatic carbocycles. The third-order valence-corrected chi connectivity index (χ3v) is 3.30. The molecule has 4 heteroatoms. The lowest BCUT2D eigenvalue weighted by Gasteiger charge is -2.06. The van der Waals surface area contributed by atoms with Crippen molar-refractivity contribution in [3.63, 3.8) is 0 Å². The first kappa shape index (κ1) is 12.9. The molecule has 18 heavy (non-hydrogen) atoms. The molecule has 0 aliphatic rings. The first-order valence-corrected chi connectivity index (χ1v) is 7.27. The molecule has 0 atom stereocenters. The summed E-state index contributed by atoms with van der Waals surface area (Å²) in [5.41, 5.74) is 1.05. The van der Waals surface area contributed by atoms with E-state index >= 15 is 0 Å². The number of thioether (sulfide) groups is 1. The smallest absolute Gasteiger partial charge is 0.161 e. The van der Waals surface area contributed by atoms with E-state index in [1.807, 2.05) is 6.07 Å². The average Bonchev–Trinajstić information content (AvgIpc) is 2.45. The summed E-state index contributed by atoms with van der Waals surface area (Å²) in [4.78, 5) is 10.1. The van der Waals surface area contributed by atoms with E-state index in [1.165, 1.54) is 4.90 Å². The summed E-state index contributed by atoms with van der Waals surface area (Å²) in [7, 11) is 0. The molecule has 0 saturated carbocycles. The van der Waals surface area contributed by atoms with Crippen molar-refractivity contribution in [2.24, 2.45) is 0 Å². The highest BCUT2D eigenvalue weighted by Crippen LogP contribution is 2.20. The van der Waals surface area contributed by atoms with Gasteiger partial charge in [-0.3, -0.25) is 0 Å². The zero-order valence-corrected chi connectivity index (χ0v) is 11.5. The van der Waals surface area contributed by atoms with Crippen LogP contribution >= 0.6 is 11.8 Å². The van der Waals surface area contributed by atoms with E-state index in [0.29, 0.717) is 0 Å². The predicted octanol–water partition coefficient (Wildman–Crippen LogP) is 3.69. The van der Waals surface area contributed by atoms with Crippen molar-refractivity contribution < 1.29 is 0 Å². The lowest BCUT2D eigenvalue weighted by molar-refractivity contribution is 0.966. The summed E-state index contributed by atoms with van der Waals surface area (Å²) >= 11 is 1.73. The van der Waals surface area contributed by atoms with Crippen LogP contribution in [0, 0.1) is 0 Å². The Labute approximate surface area is 112 Å². The summed E-state index contributed by atoms with van der Waals surface area (Å²) in [6.07, 6.45) is 4.95. The molecule has 94 valence electrons. The number of rotatable bonds is 5. The third-order valence-electron chi connectivity index (χ3n) is 2.56. The van der Waals surface area contributed by atoms with Crippen molar-refractivity contribution in [1.29, 1.82) is 0 Å². The van der Waals surface area contributed by atoms with E-state index in [9.17, 15) is 0 Å². The van der Waals surface area contributed by atoms with Crippen molar-refractivity contribution in [2.75, 3.05) is 18.1 Å². The molecule has 0 aliphatic heterocycles. The monoisotopic (exact) mass is 259 g/mol. The highest BCUT2D eigenvalue weighted by atomic mass is 32.2. The Kier molecular flexibility index (Phi) is 4.59. The topological polar surface area (TPSA) is 37.8 Å². The molecule has 3 nitrogen and oxygen atoms in total.